The van der Waals surface area contributed by atoms with Crippen molar-refractivity contribution in [3.05, 3.63) is 29.3 Å². The van der Waals surface area contributed by atoms with Gasteiger partial charge in [0.05, 0.1) is 13.0 Å². The molecule has 2 N–H and O–H groups in total. The molecule has 2 amide bonds. The highest BCUT2D eigenvalue weighted by Crippen LogP contribution is 2.56. The molecule has 3 aliphatic rings. The zero-order chi connectivity index (χ0) is 16.8. The van der Waals surface area contributed by atoms with Gasteiger partial charge in [-0.1, -0.05) is 6.07 Å². The lowest BCUT2D eigenvalue weighted by atomic mass is 9.56. The topological polar surface area (TPSA) is 67.4 Å². The van der Waals surface area contributed by atoms with Gasteiger partial charge in [0.2, 0.25) is 5.91 Å². The van der Waals surface area contributed by atoms with Crippen LogP contribution < -0.4 is 10.6 Å². The highest BCUT2D eigenvalue weighted by Gasteiger charge is 2.55. The number of ether oxygens (including phenoxy) is 1. The van der Waals surface area contributed by atoms with E-state index in [1.165, 1.54) is 0 Å². The summed E-state index contributed by atoms with van der Waals surface area (Å²) in [7, 11) is 0. The molecule has 0 radical (unpaired) electrons. The zero-order valence-electron chi connectivity index (χ0n) is 13.5. The highest BCUT2D eigenvalue weighted by molar-refractivity contribution is 6.05. The fourth-order valence-electron chi connectivity index (χ4n) is 4.37. The maximum Gasteiger partial charge on any atom is 0.251 e. The number of alkyl halides is 1. The van der Waals surface area contributed by atoms with Crippen LogP contribution in [0.25, 0.3) is 0 Å². The van der Waals surface area contributed by atoms with Crippen molar-refractivity contribution in [2.75, 3.05) is 25.1 Å². The molecule has 0 unspecified atom stereocenters. The maximum atomic E-state index is 14.8. The van der Waals surface area contributed by atoms with Crippen LogP contribution in [0.3, 0.4) is 0 Å². The summed E-state index contributed by atoms with van der Waals surface area (Å²) in [5.74, 6) is -0.430. The Morgan fingerprint density at radius 1 is 1.29 bits per heavy atom. The van der Waals surface area contributed by atoms with Gasteiger partial charge in [0, 0.05) is 24.5 Å². The van der Waals surface area contributed by atoms with Crippen LogP contribution in [0.15, 0.2) is 18.2 Å². The summed E-state index contributed by atoms with van der Waals surface area (Å²) >= 11 is 0. The molecular formula is C18H21FN2O3. The molecule has 24 heavy (non-hydrogen) atoms. The van der Waals surface area contributed by atoms with Gasteiger partial charge in [0.15, 0.2) is 0 Å². The minimum absolute atomic E-state index is 0.0273. The third-order valence-electron chi connectivity index (χ3n) is 5.53. The predicted molar refractivity (Wildman–Crippen MR) is 86.7 cm³/mol. The molecule has 1 saturated heterocycles. The summed E-state index contributed by atoms with van der Waals surface area (Å²) in [5, 5.41) is 5.45. The van der Waals surface area contributed by atoms with Gasteiger partial charge < -0.3 is 15.4 Å². The molecule has 4 rings (SSSR count). The van der Waals surface area contributed by atoms with Crippen molar-refractivity contribution in [2.24, 2.45) is 5.41 Å². The van der Waals surface area contributed by atoms with Crippen LogP contribution in [-0.2, 0) is 16.0 Å². The lowest BCUT2D eigenvalue weighted by Gasteiger charge is -2.53. The number of benzene rings is 1. The van der Waals surface area contributed by atoms with Crippen molar-refractivity contribution in [3.8, 4) is 0 Å². The minimum atomic E-state index is -1.32. The number of carbonyl (C=O) groups excluding carboxylic acids is 2. The third-order valence-corrected chi connectivity index (χ3v) is 5.53. The van der Waals surface area contributed by atoms with Gasteiger partial charge >= 0.3 is 0 Å². The van der Waals surface area contributed by atoms with E-state index in [0.717, 1.165) is 12.8 Å². The van der Waals surface area contributed by atoms with Gasteiger partial charge in [0.1, 0.15) is 5.67 Å². The summed E-state index contributed by atoms with van der Waals surface area (Å²) in [4.78, 5) is 23.9. The Kier molecular flexibility index (Phi) is 3.60. The molecule has 1 saturated carbocycles. The first-order valence-electron chi connectivity index (χ1n) is 8.45. The van der Waals surface area contributed by atoms with Gasteiger partial charge in [-0.15, -0.1) is 0 Å². The van der Waals surface area contributed by atoms with E-state index < -0.39 is 5.67 Å². The average Bonchev–Trinajstić information content (AvgIpc) is 2.92. The van der Waals surface area contributed by atoms with Crippen LogP contribution in [0, 0.1) is 5.41 Å². The minimum Gasteiger partial charge on any atom is -0.381 e. The van der Waals surface area contributed by atoms with Crippen LogP contribution in [0.1, 0.15) is 41.6 Å². The number of nitrogens with one attached hydrogen (secondary N) is 2. The Morgan fingerprint density at radius 3 is 2.79 bits per heavy atom. The van der Waals surface area contributed by atoms with Crippen LogP contribution in [-0.4, -0.2) is 37.2 Å². The normalized spacial score (nSPS) is 23.3. The SMILES string of the molecule is O=C1Cc2c(cccc2C(=O)NCC2(F)CC3(CCOCC3)C2)N1. The fraction of sp³-hybridized carbons (Fsp3) is 0.556. The Balaban J connectivity index is 1.38. The molecular weight excluding hydrogens is 311 g/mol. The molecule has 1 aromatic carbocycles. The number of hydrogen-bond donors (Lipinski definition) is 2. The van der Waals surface area contributed by atoms with E-state index in [1.54, 1.807) is 18.2 Å². The Bertz CT molecular complexity index is 690. The smallest absolute Gasteiger partial charge is 0.251 e. The molecule has 0 atom stereocenters. The lowest BCUT2D eigenvalue weighted by molar-refractivity contribution is -0.119. The van der Waals surface area contributed by atoms with Crippen LogP contribution in [0.4, 0.5) is 10.1 Å². The number of rotatable bonds is 3. The van der Waals surface area contributed by atoms with Gasteiger partial charge in [-0.2, -0.15) is 0 Å². The summed E-state index contributed by atoms with van der Waals surface area (Å²) in [6, 6.07) is 5.18. The molecule has 2 fully saturated rings. The van der Waals surface area contributed by atoms with Crippen LogP contribution >= 0.6 is 0 Å². The number of fused-ring (bicyclic) bond motifs is 1. The molecule has 2 heterocycles. The molecule has 1 aromatic rings. The van der Waals surface area contributed by atoms with E-state index in [9.17, 15) is 14.0 Å². The van der Waals surface area contributed by atoms with Crippen molar-refractivity contribution in [2.45, 2.75) is 37.8 Å². The van der Waals surface area contributed by atoms with E-state index in [-0.39, 0.29) is 30.2 Å². The summed E-state index contributed by atoms with van der Waals surface area (Å²) in [6.07, 6.45) is 3.01. The van der Waals surface area contributed by atoms with Gasteiger partial charge in [0.25, 0.3) is 5.91 Å². The number of hydrogen-bond acceptors (Lipinski definition) is 3. The van der Waals surface area contributed by atoms with E-state index in [0.29, 0.717) is 42.9 Å². The second-order valence-corrected chi connectivity index (χ2v) is 7.36. The van der Waals surface area contributed by atoms with Crippen molar-refractivity contribution < 1.29 is 18.7 Å². The largest absolute Gasteiger partial charge is 0.381 e. The predicted octanol–water partition coefficient (Wildman–Crippen LogP) is 2.21. The van der Waals surface area contributed by atoms with Crippen molar-refractivity contribution in [1.82, 2.24) is 5.32 Å². The molecule has 1 aliphatic carbocycles. The zero-order valence-corrected chi connectivity index (χ0v) is 13.5. The maximum absolute atomic E-state index is 14.8. The first-order valence-corrected chi connectivity index (χ1v) is 8.45. The molecule has 2 aliphatic heterocycles. The van der Waals surface area contributed by atoms with E-state index in [4.69, 9.17) is 4.74 Å². The van der Waals surface area contributed by atoms with E-state index in [2.05, 4.69) is 10.6 Å². The lowest BCUT2D eigenvalue weighted by Crippen LogP contribution is -2.56. The Morgan fingerprint density at radius 2 is 2.04 bits per heavy atom. The first-order chi connectivity index (χ1) is 11.5. The monoisotopic (exact) mass is 332 g/mol. The third kappa shape index (κ3) is 2.69. The molecule has 0 aromatic heterocycles. The molecule has 6 heteroatoms. The Hall–Kier alpha value is -1.95. The highest BCUT2D eigenvalue weighted by atomic mass is 19.1. The molecule has 0 bridgehead atoms. The summed E-state index contributed by atoms with van der Waals surface area (Å²) in [5.41, 5.74) is 0.575. The molecule has 128 valence electrons. The fourth-order valence-corrected chi connectivity index (χ4v) is 4.37. The summed E-state index contributed by atoms with van der Waals surface area (Å²) < 4.78 is 20.2. The summed E-state index contributed by atoms with van der Waals surface area (Å²) in [6.45, 7) is 1.44. The standard InChI is InChI=1S/C18H21FN2O3/c19-18(9-17(10-18)4-6-24-7-5-17)11-20-16(23)12-2-1-3-14-13(12)8-15(22)21-14/h1-3H,4-11H2,(H,20,23)(H,21,22). The van der Waals surface area contributed by atoms with Gasteiger partial charge in [-0.3, -0.25) is 9.59 Å². The van der Waals surface area contributed by atoms with E-state index >= 15 is 0 Å². The van der Waals surface area contributed by atoms with Crippen LogP contribution in [0.5, 0.6) is 0 Å². The number of anilines is 1. The second kappa shape index (κ2) is 5.55. The quantitative estimate of drug-likeness (QED) is 0.892. The molecule has 5 nitrogen and oxygen atoms in total. The van der Waals surface area contributed by atoms with Gasteiger partial charge in [-0.05, 0) is 48.8 Å². The van der Waals surface area contributed by atoms with Crippen molar-refractivity contribution >= 4 is 17.5 Å². The number of halogens is 1. The van der Waals surface area contributed by atoms with Gasteiger partial charge in [-0.25, -0.2) is 4.39 Å². The Labute approximate surface area is 139 Å². The first kappa shape index (κ1) is 15.6. The molecule has 1 spiro atoms. The number of carbonyl (C=O) groups is 2. The second-order valence-electron chi connectivity index (χ2n) is 7.36. The van der Waals surface area contributed by atoms with E-state index in [1.807, 2.05) is 0 Å². The van der Waals surface area contributed by atoms with Crippen molar-refractivity contribution in [1.29, 1.82) is 0 Å². The van der Waals surface area contributed by atoms with Crippen LogP contribution in [0.2, 0.25) is 0 Å². The number of amides is 2. The average molecular weight is 332 g/mol. The van der Waals surface area contributed by atoms with Crippen molar-refractivity contribution in [3.63, 3.8) is 0 Å².